The van der Waals surface area contributed by atoms with Gasteiger partial charge in [-0.05, 0) is 12.2 Å². The predicted octanol–water partition coefficient (Wildman–Crippen LogP) is 1.90. The summed E-state index contributed by atoms with van der Waals surface area (Å²) < 4.78 is 10.2. The highest BCUT2D eigenvalue weighted by atomic mass is 32.2. The van der Waals surface area contributed by atoms with Crippen LogP contribution in [0.2, 0.25) is 0 Å². The molecule has 0 unspecified atom stereocenters. The standard InChI is InChI=1S/C7H6N2O.C5H4N2OS/c1-2-6-7(10-5-1)9-4-3-8-6;1-2-7-5-4(6-1)3-8-9-5/h1-4H,5H2;1-2H,3H2. The highest BCUT2D eigenvalue weighted by Crippen LogP contribution is 2.27. The lowest BCUT2D eigenvalue weighted by molar-refractivity contribution is 0.341. The van der Waals surface area contributed by atoms with E-state index < -0.39 is 0 Å². The summed E-state index contributed by atoms with van der Waals surface area (Å²) in [6.45, 7) is 1.19. The third-order valence-corrected chi connectivity index (χ3v) is 3.09. The van der Waals surface area contributed by atoms with E-state index in [9.17, 15) is 0 Å². The van der Waals surface area contributed by atoms with Crippen LogP contribution >= 0.6 is 12.0 Å². The highest BCUT2D eigenvalue weighted by molar-refractivity contribution is 7.94. The molecule has 0 bridgehead atoms. The molecule has 0 saturated carbocycles. The molecule has 0 N–H and O–H groups in total. The monoisotopic (exact) mass is 274 g/mol. The quantitative estimate of drug-likeness (QED) is 0.679. The molecule has 96 valence electrons. The molecule has 0 aromatic carbocycles. The number of rotatable bonds is 0. The fraction of sp³-hybridized carbons (Fsp3) is 0.167. The maximum absolute atomic E-state index is 5.16. The maximum Gasteiger partial charge on any atom is 0.240 e. The van der Waals surface area contributed by atoms with Gasteiger partial charge in [-0.1, -0.05) is 0 Å². The molecular formula is C12H10N4O2S. The summed E-state index contributed by atoms with van der Waals surface area (Å²) in [5, 5.41) is 0.900. The summed E-state index contributed by atoms with van der Waals surface area (Å²) >= 11 is 1.29. The summed E-state index contributed by atoms with van der Waals surface area (Å²) in [4.78, 5) is 16.1. The van der Waals surface area contributed by atoms with Gasteiger partial charge in [0.2, 0.25) is 5.88 Å². The Morgan fingerprint density at radius 2 is 1.84 bits per heavy atom. The first-order valence-electron chi connectivity index (χ1n) is 5.63. The van der Waals surface area contributed by atoms with E-state index in [-0.39, 0.29) is 0 Å². The number of fused-ring (bicyclic) bond motifs is 2. The van der Waals surface area contributed by atoms with Crippen LogP contribution in [0.15, 0.2) is 35.9 Å². The van der Waals surface area contributed by atoms with E-state index in [1.54, 1.807) is 24.8 Å². The second kappa shape index (κ2) is 5.77. The Kier molecular flexibility index (Phi) is 3.66. The van der Waals surface area contributed by atoms with Crippen LogP contribution in [-0.2, 0) is 10.8 Å². The van der Waals surface area contributed by atoms with Crippen molar-refractivity contribution in [3.8, 4) is 5.88 Å². The summed E-state index contributed by atoms with van der Waals surface area (Å²) in [6, 6.07) is 0. The molecule has 7 heteroatoms. The van der Waals surface area contributed by atoms with Crippen molar-refractivity contribution >= 4 is 18.1 Å². The van der Waals surface area contributed by atoms with Gasteiger partial charge in [-0.15, -0.1) is 0 Å². The first-order valence-corrected chi connectivity index (χ1v) is 6.37. The van der Waals surface area contributed by atoms with Crippen molar-refractivity contribution in [3.05, 3.63) is 42.3 Å². The molecule has 0 atom stereocenters. The van der Waals surface area contributed by atoms with Crippen LogP contribution in [0.1, 0.15) is 11.4 Å². The van der Waals surface area contributed by atoms with Gasteiger partial charge in [0.25, 0.3) is 0 Å². The third-order valence-electron chi connectivity index (χ3n) is 2.35. The second-order valence-electron chi connectivity index (χ2n) is 3.61. The predicted molar refractivity (Wildman–Crippen MR) is 69.2 cm³/mol. The Labute approximate surface area is 114 Å². The molecule has 2 aromatic rings. The van der Waals surface area contributed by atoms with E-state index in [1.807, 2.05) is 12.2 Å². The lowest BCUT2D eigenvalue weighted by atomic mass is 10.3. The summed E-state index contributed by atoms with van der Waals surface area (Å²) in [5.41, 5.74) is 1.76. The van der Waals surface area contributed by atoms with Crippen molar-refractivity contribution in [2.75, 3.05) is 6.61 Å². The van der Waals surface area contributed by atoms with E-state index >= 15 is 0 Å². The molecular weight excluding hydrogens is 264 g/mol. The first-order chi connectivity index (χ1) is 9.43. The average Bonchev–Trinajstić information content (AvgIpc) is 2.96. The molecule has 6 nitrogen and oxygen atoms in total. The van der Waals surface area contributed by atoms with Gasteiger partial charge in [0.15, 0.2) is 0 Å². The minimum Gasteiger partial charge on any atom is -0.472 e. The largest absolute Gasteiger partial charge is 0.472 e. The SMILES string of the molecule is C1=Cc2nccnc2OC1.c1cnc2c(n1)COS2. The zero-order chi connectivity index (χ0) is 12.9. The van der Waals surface area contributed by atoms with Gasteiger partial charge < -0.3 is 8.92 Å². The van der Waals surface area contributed by atoms with Crippen LogP contribution in [0, 0.1) is 0 Å². The molecule has 0 aliphatic carbocycles. The highest BCUT2D eigenvalue weighted by Gasteiger charge is 2.13. The van der Waals surface area contributed by atoms with Crippen molar-refractivity contribution in [1.82, 2.24) is 19.9 Å². The van der Waals surface area contributed by atoms with Crippen LogP contribution in [0.5, 0.6) is 5.88 Å². The summed E-state index contributed by atoms with van der Waals surface area (Å²) in [5.74, 6) is 0.630. The lowest BCUT2D eigenvalue weighted by Gasteiger charge is -2.07. The molecule has 2 aliphatic rings. The number of nitrogens with zero attached hydrogens (tertiary/aromatic N) is 4. The Morgan fingerprint density at radius 3 is 2.74 bits per heavy atom. The van der Waals surface area contributed by atoms with E-state index in [0.29, 0.717) is 19.1 Å². The smallest absolute Gasteiger partial charge is 0.240 e. The number of ether oxygens (including phenoxy) is 1. The van der Waals surface area contributed by atoms with E-state index in [2.05, 4.69) is 19.9 Å². The minimum atomic E-state index is 0.591. The van der Waals surface area contributed by atoms with Crippen LogP contribution < -0.4 is 4.74 Å². The number of hydrogen-bond acceptors (Lipinski definition) is 7. The van der Waals surface area contributed by atoms with E-state index in [1.165, 1.54) is 12.0 Å². The molecule has 0 radical (unpaired) electrons. The summed E-state index contributed by atoms with van der Waals surface area (Å²) in [7, 11) is 0. The molecule has 0 saturated heterocycles. The van der Waals surface area contributed by atoms with Gasteiger partial charge in [-0.3, -0.25) is 4.98 Å². The molecule has 0 amide bonds. The summed E-state index contributed by atoms with van der Waals surface area (Å²) in [6.07, 6.45) is 10.4. The van der Waals surface area contributed by atoms with Crippen LogP contribution in [0.25, 0.3) is 6.08 Å². The molecule has 4 heterocycles. The van der Waals surface area contributed by atoms with Gasteiger partial charge in [-0.25, -0.2) is 15.0 Å². The van der Waals surface area contributed by atoms with Gasteiger partial charge in [-0.2, -0.15) is 0 Å². The van der Waals surface area contributed by atoms with E-state index in [4.69, 9.17) is 8.92 Å². The van der Waals surface area contributed by atoms with Crippen molar-refractivity contribution in [2.24, 2.45) is 0 Å². The zero-order valence-electron chi connectivity index (χ0n) is 9.89. The van der Waals surface area contributed by atoms with Gasteiger partial charge in [0.05, 0.1) is 12.0 Å². The van der Waals surface area contributed by atoms with Crippen LogP contribution in [0.3, 0.4) is 0 Å². The van der Waals surface area contributed by atoms with E-state index in [0.717, 1.165) is 16.4 Å². The third kappa shape index (κ3) is 2.88. The topological polar surface area (TPSA) is 70.0 Å². The second-order valence-corrected chi connectivity index (χ2v) is 4.40. The molecule has 0 fully saturated rings. The lowest BCUT2D eigenvalue weighted by Crippen LogP contribution is -2.03. The maximum atomic E-state index is 5.16. The Balaban J connectivity index is 0.000000117. The molecule has 4 rings (SSSR count). The van der Waals surface area contributed by atoms with Gasteiger partial charge >= 0.3 is 0 Å². The van der Waals surface area contributed by atoms with Crippen molar-refractivity contribution in [2.45, 2.75) is 11.6 Å². The Hall–Kier alpha value is -1.99. The van der Waals surface area contributed by atoms with Crippen LogP contribution in [0.4, 0.5) is 0 Å². The molecule has 19 heavy (non-hydrogen) atoms. The van der Waals surface area contributed by atoms with Crippen molar-refractivity contribution in [3.63, 3.8) is 0 Å². The van der Waals surface area contributed by atoms with Crippen molar-refractivity contribution in [1.29, 1.82) is 0 Å². The minimum absolute atomic E-state index is 0.591. The fourth-order valence-corrected chi connectivity index (χ4v) is 2.11. The van der Waals surface area contributed by atoms with Crippen LogP contribution in [-0.4, -0.2) is 26.5 Å². The van der Waals surface area contributed by atoms with Gasteiger partial charge in [0.1, 0.15) is 29.6 Å². The molecule has 2 aromatic heterocycles. The molecule has 2 aliphatic heterocycles. The average molecular weight is 274 g/mol. The number of aromatic nitrogens is 4. The molecule has 0 spiro atoms. The van der Waals surface area contributed by atoms with Crippen molar-refractivity contribution < 1.29 is 8.92 Å². The fourth-order valence-electron chi connectivity index (χ4n) is 1.51. The zero-order valence-corrected chi connectivity index (χ0v) is 10.7. The number of hydrogen-bond donors (Lipinski definition) is 0. The first kappa shape index (κ1) is 12.1. The Morgan fingerprint density at radius 1 is 1.00 bits per heavy atom. The van der Waals surface area contributed by atoms with Gasteiger partial charge in [0, 0.05) is 24.8 Å². The normalized spacial score (nSPS) is 14.7. The Bertz CT molecular complexity index is 583.